The maximum absolute atomic E-state index is 3.71. The number of aromatic amines is 1. The van der Waals surface area contributed by atoms with E-state index in [-0.39, 0.29) is 6.04 Å². The van der Waals surface area contributed by atoms with Crippen molar-refractivity contribution in [3.05, 3.63) is 145 Å². The number of allylic oxidation sites excluding steroid dienone is 1. The molecular formula is C38H27N3. The van der Waals surface area contributed by atoms with Crippen molar-refractivity contribution >= 4 is 49.7 Å². The second-order valence-electron chi connectivity index (χ2n) is 11.0. The Balaban J connectivity index is 1.29. The van der Waals surface area contributed by atoms with Gasteiger partial charge in [0.25, 0.3) is 0 Å². The van der Waals surface area contributed by atoms with Crippen LogP contribution in [0, 0.1) is 0 Å². The van der Waals surface area contributed by atoms with Gasteiger partial charge in [0.15, 0.2) is 0 Å². The minimum absolute atomic E-state index is 0.208. The summed E-state index contributed by atoms with van der Waals surface area (Å²) >= 11 is 0. The average molecular weight is 526 g/mol. The highest BCUT2D eigenvalue weighted by molar-refractivity contribution is 6.18. The number of para-hydroxylation sites is 2. The molecule has 0 aliphatic heterocycles. The maximum atomic E-state index is 3.71. The molecule has 5 aromatic carbocycles. The second kappa shape index (κ2) is 8.61. The number of nitrogens with zero attached hydrogens (tertiary/aromatic N) is 2. The molecule has 0 bridgehead atoms. The Morgan fingerprint density at radius 2 is 1.41 bits per heavy atom. The second-order valence-corrected chi connectivity index (χ2v) is 11.0. The van der Waals surface area contributed by atoms with Gasteiger partial charge in [-0.3, -0.25) is 0 Å². The van der Waals surface area contributed by atoms with Crippen molar-refractivity contribution in [3.63, 3.8) is 0 Å². The van der Waals surface area contributed by atoms with E-state index in [4.69, 9.17) is 0 Å². The van der Waals surface area contributed by atoms with E-state index in [1.54, 1.807) is 0 Å². The van der Waals surface area contributed by atoms with Gasteiger partial charge in [0.1, 0.15) is 0 Å². The first-order chi connectivity index (χ1) is 20.3. The maximum Gasteiger partial charge on any atom is 0.0647 e. The van der Waals surface area contributed by atoms with E-state index in [0.717, 1.165) is 6.42 Å². The van der Waals surface area contributed by atoms with E-state index in [1.807, 2.05) is 0 Å². The molecule has 0 fully saturated rings. The van der Waals surface area contributed by atoms with Gasteiger partial charge in [-0.25, -0.2) is 0 Å². The Morgan fingerprint density at radius 1 is 0.610 bits per heavy atom. The number of H-pyrrole nitrogens is 1. The molecule has 0 amide bonds. The Bertz CT molecular complexity index is 2280. The number of hydrogen-bond donors (Lipinski definition) is 1. The first-order valence-electron chi connectivity index (χ1n) is 14.3. The molecule has 3 aromatic heterocycles. The fourth-order valence-corrected chi connectivity index (χ4v) is 7.03. The van der Waals surface area contributed by atoms with Gasteiger partial charge in [0.2, 0.25) is 0 Å². The topological polar surface area (TPSA) is 25.6 Å². The van der Waals surface area contributed by atoms with Crippen LogP contribution in [0.25, 0.3) is 66.5 Å². The fourth-order valence-electron chi connectivity index (χ4n) is 7.03. The van der Waals surface area contributed by atoms with Gasteiger partial charge in [0.05, 0.1) is 22.6 Å². The number of fused-ring (bicyclic) bond motifs is 8. The third kappa shape index (κ3) is 3.26. The van der Waals surface area contributed by atoms with Crippen LogP contribution in [0.5, 0.6) is 0 Å². The minimum atomic E-state index is 0.208. The summed E-state index contributed by atoms with van der Waals surface area (Å²) in [5.74, 6) is 0. The Labute approximate surface area is 237 Å². The van der Waals surface area contributed by atoms with E-state index < -0.39 is 0 Å². The molecule has 3 heteroatoms. The molecule has 194 valence electrons. The van der Waals surface area contributed by atoms with E-state index in [9.17, 15) is 0 Å². The van der Waals surface area contributed by atoms with Crippen molar-refractivity contribution in [1.82, 2.24) is 14.1 Å². The molecule has 9 rings (SSSR count). The van der Waals surface area contributed by atoms with Crippen LogP contribution >= 0.6 is 0 Å². The predicted octanol–water partition coefficient (Wildman–Crippen LogP) is 9.89. The fraction of sp³-hybridized carbons (Fsp3) is 0.0526. The first kappa shape index (κ1) is 22.5. The summed E-state index contributed by atoms with van der Waals surface area (Å²) in [6, 6.07) is 44.2. The van der Waals surface area contributed by atoms with Crippen LogP contribution in [0.15, 0.2) is 134 Å². The van der Waals surface area contributed by atoms with Gasteiger partial charge in [-0.15, -0.1) is 0 Å². The van der Waals surface area contributed by atoms with Gasteiger partial charge < -0.3 is 14.1 Å². The third-order valence-corrected chi connectivity index (χ3v) is 8.84. The number of nitrogens with one attached hydrogen (secondary N) is 1. The van der Waals surface area contributed by atoms with Crippen molar-refractivity contribution < 1.29 is 0 Å². The molecule has 3 heterocycles. The van der Waals surface area contributed by atoms with Crippen LogP contribution in [0.2, 0.25) is 0 Å². The van der Waals surface area contributed by atoms with Crippen molar-refractivity contribution in [2.75, 3.05) is 0 Å². The highest BCUT2D eigenvalue weighted by atomic mass is 15.0. The quantitative estimate of drug-likeness (QED) is 0.238. The molecule has 1 aliphatic rings. The highest BCUT2D eigenvalue weighted by Crippen LogP contribution is 2.42. The van der Waals surface area contributed by atoms with Gasteiger partial charge in [-0.2, -0.15) is 0 Å². The van der Waals surface area contributed by atoms with E-state index in [1.165, 1.54) is 71.7 Å². The monoisotopic (exact) mass is 525 g/mol. The number of rotatable bonds is 3. The van der Waals surface area contributed by atoms with Gasteiger partial charge >= 0.3 is 0 Å². The lowest BCUT2D eigenvalue weighted by molar-refractivity contribution is 0.612. The van der Waals surface area contributed by atoms with E-state index in [2.05, 4.69) is 154 Å². The van der Waals surface area contributed by atoms with E-state index in [0.29, 0.717) is 0 Å². The average Bonchev–Trinajstić information content (AvgIpc) is 3.73. The molecule has 8 aromatic rings. The number of benzene rings is 5. The summed E-state index contributed by atoms with van der Waals surface area (Å²) in [6.45, 7) is 0. The summed E-state index contributed by atoms with van der Waals surface area (Å²) in [4.78, 5) is 3.71. The normalized spacial score (nSPS) is 14.9. The molecule has 0 spiro atoms. The highest BCUT2D eigenvalue weighted by Gasteiger charge is 2.26. The van der Waals surface area contributed by atoms with Crippen molar-refractivity contribution in [2.45, 2.75) is 12.5 Å². The standard InChI is InChI=1S/C38H27N3/c1-3-10-25(11-4-1)26-18-20-32-31(24-26)37-33(39-32)15-9-17-36(37)40-23-22-30-34(40)21-19-29-28-14-7-8-16-35(28)41(38(29)30)27-12-5-2-6-13-27/h1-16,18-24,36,39H,17H2. The largest absolute Gasteiger partial charge is 0.355 e. The van der Waals surface area contributed by atoms with Gasteiger partial charge in [-0.05, 0) is 66.1 Å². The zero-order valence-electron chi connectivity index (χ0n) is 22.5. The lowest BCUT2D eigenvalue weighted by atomic mass is 9.93. The van der Waals surface area contributed by atoms with Gasteiger partial charge in [-0.1, -0.05) is 84.9 Å². The molecule has 1 atom stereocenters. The molecule has 1 unspecified atom stereocenters. The van der Waals surface area contributed by atoms with Crippen molar-refractivity contribution in [1.29, 1.82) is 0 Å². The SMILES string of the molecule is C1=Cc2[nH]c3ccc(-c4ccccc4)cc3c2C(n2ccc3c2ccc2c4ccccc4n(-c4ccccc4)c23)C1. The van der Waals surface area contributed by atoms with Crippen LogP contribution in [0.3, 0.4) is 0 Å². The Kier molecular flexibility index (Phi) is 4.73. The summed E-state index contributed by atoms with van der Waals surface area (Å²) < 4.78 is 4.92. The third-order valence-electron chi connectivity index (χ3n) is 8.84. The molecule has 1 N–H and O–H groups in total. The molecular weight excluding hydrogens is 498 g/mol. The molecule has 3 nitrogen and oxygen atoms in total. The summed E-state index contributed by atoms with van der Waals surface area (Å²) in [6.07, 6.45) is 7.82. The smallest absolute Gasteiger partial charge is 0.0647 e. The lowest BCUT2D eigenvalue weighted by Gasteiger charge is -2.23. The number of aromatic nitrogens is 3. The number of hydrogen-bond acceptors (Lipinski definition) is 0. The zero-order valence-corrected chi connectivity index (χ0v) is 22.5. The van der Waals surface area contributed by atoms with Gasteiger partial charge in [0, 0.05) is 50.2 Å². The minimum Gasteiger partial charge on any atom is -0.355 e. The summed E-state index contributed by atoms with van der Waals surface area (Å²) in [5.41, 5.74) is 11.2. The molecule has 1 aliphatic carbocycles. The van der Waals surface area contributed by atoms with Crippen LogP contribution in [-0.4, -0.2) is 14.1 Å². The van der Waals surface area contributed by atoms with Crippen LogP contribution in [0.1, 0.15) is 23.7 Å². The van der Waals surface area contributed by atoms with Crippen molar-refractivity contribution in [2.24, 2.45) is 0 Å². The van der Waals surface area contributed by atoms with Crippen LogP contribution in [-0.2, 0) is 0 Å². The Morgan fingerprint density at radius 3 is 2.29 bits per heavy atom. The summed E-state index contributed by atoms with van der Waals surface area (Å²) in [5, 5.41) is 5.16. The Hall–Kier alpha value is -5.28. The van der Waals surface area contributed by atoms with E-state index >= 15 is 0 Å². The van der Waals surface area contributed by atoms with Crippen LogP contribution in [0.4, 0.5) is 0 Å². The molecule has 41 heavy (non-hydrogen) atoms. The van der Waals surface area contributed by atoms with Crippen LogP contribution < -0.4 is 0 Å². The predicted molar refractivity (Wildman–Crippen MR) is 172 cm³/mol. The van der Waals surface area contributed by atoms with Crippen molar-refractivity contribution in [3.8, 4) is 16.8 Å². The molecule has 0 saturated heterocycles. The first-order valence-corrected chi connectivity index (χ1v) is 14.3. The summed E-state index contributed by atoms with van der Waals surface area (Å²) in [7, 11) is 0. The molecule has 0 radical (unpaired) electrons. The lowest BCUT2D eigenvalue weighted by Crippen LogP contribution is -2.12. The zero-order chi connectivity index (χ0) is 26.9. The molecule has 0 saturated carbocycles.